The molecule has 0 fully saturated rings. The van der Waals surface area contributed by atoms with Crippen LogP contribution in [0.15, 0.2) is 0 Å². The van der Waals surface area contributed by atoms with Crippen LogP contribution in [0.2, 0.25) is 0 Å². The number of unbranched alkanes of at least 4 members (excludes halogenated alkanes) is 22. The van der Waals surface area contributed by atoms with Gasteiger partial charge in [0, 0.05) is 26.3 Å². The topological polar surface area (TPSA) is 102 Å². The van der Waals surface area contributed by atoms with Gasteiger partial charge in [0.2, 0.25) is 5.91 Å². The molecule has 0 aromatic carbocycles. The molecular formula is C35H67NO6. The van der Waals surface area contributed by atoms with E-state index in [9.17, 15) is 19.5 Å². The van der Waals surface area contributed by atoms with Gasteiger partial charge in [0.25, 0.3) is 0 Å². The standard InChI is InChI=1S/C35H67NO6/c1-3-4-5-6-7-8-9-12-16-19-22-25-28-35(40)42-33(30-37)31-41-34(39)27-24-21-18-15-13-10-11-14-17-20-23-26-29-36-32(2)38/h33,37H,3-31H2,1-2H3,(H,36,38)/t33-/m0/s1. The molecular weight excluding hydrogens is 530 g/mol. The lowest BCUT2D eigenvalue weighted by Gasteiger charge is -2.15. The van der Waals surface area contributed by atoms with Crippen LogP contribution < -0.4 is 5.32 Å². The monoisotopic (exact) mass is 597 g/mol. The van der Waals surface area contributed by atoms with Crippen molar-refractivity contribution in [2.75, 3.05) is 19.8 Å². The van der Waals surface area contributed by atoms with E-state index in [1.54, 1.807) is 6.92 Å². The molecule has 1 amide bonds. The quantitative estimate of drug-likeness (QED) is 0.0594. The molecule has 0 rings (SSSR count). The molecule has 0 aromatic heterocycles. The van der Waals surface area contributed by atoms with Gasteiger partial charge in [-0.05, 0) is 19.3 Å². The fourth-order valence-corrected chi connectivity index (χ4v) is 5.16. The number of hydrogen-bond acceptors (Lipinski definition) is 6. The maximum Gasteiger partial charge on any atom is 0.306 e. The van der Waals surface area contributed by atoms with Crippen molar-refractivity contribution in [3.05, 3.63) is 0 Å². The van der Waals surface area contributed by atoms with Gasteiger partial charge in [-0.15, -0.1) is 0 Å². The summed E-state index contributed by atoms with van der Waals surface area (Å²) in [5, 5.41) is 12.3. The minimum Gasteiger partial charge on any atom is -0.462 e. The number of nitrogens with one attached hydrogen (secondary N) is 1. The smallest absolute Gasteiger partial charge is 0.306 e. The Bertz CT molecular complexity index is 627. The SMILES string of the molecule is CCCCCCCCCCCCCCC(=O)O[C@@H](CO)COC(=O)CCCCCCCCCCCCCCNC(C)=O. The van der Waals surface area contributed by atoms with Crippen LogP contribution >= 0.6 is 0 Å². The van der Waals surface area contributed by atoms with Crippen LogP contribution in [-0.2, 0) is 23.9 Å². The number of carbonyl (C=O) groups is 3. The van der Waals surface area contributed by atoms with Crippen LogP contribution in [0.3, 0.4) is 0 Å². The first-order valence-corrected chi connectivity index (χ1v) is 17.7. The van der Waals surface area contributed by atoms with E-state index in [0.717, 1.165) is 51.5 Å². The minimum absolute atomic E-state index is 0.0562. The highest BCUT2D eigenvalue weighted by molar-refractivity contribution is 5.72. The third kappa shape index (κ3) is 31.3. The molecule has 0 unspecified atom stereocenters. The van der Waals surface area contributed by atoms with E-state index in [-0.39, 0.29) is 31.1 Å². The highest BCUT2D eigenvalue weighted by Crippen LogP contribution is 2.14. The molecule has 0 saturated carbocycles. The summed E-state index contributed by atoms with van der Waals surface area (Å²) in [6.07, 6.45) is 28.9. The fraction of sp³-hybridized carbons (Fsp3) is 0.914. The molecule has 0 aliphatic carbocycles. The van der Waals surface area contributed by atoms with Gasteiger partial charge in [0.05, 0.1) is 6.61 Å². The zero-order chi connectivity index (χ0) is 30.9. The molecule has 1 atom stereocenters. The third-order valence-corrected chi connectivity index (χ3v) is 7.85. The van der Waals surface area contributed by atoms with Gasteiger partial charge in [-0.2, -0.15) is 0 Å². The van der Waals surface area contributed by atoms with Gasteiger partial charge in [0.15, 0.2) is 6.10 Å². The van der Waals surface area contributed by atoms with Crippen molar-refractivity contribution in [3.63, 3.8) is 0 Å². The van der Waals surface area contributed by atoms with Gasteiger partial charge >= 0.3 is 11.9 Å². The van der Waals surface area contributed by atoms with E-state index >= 15 is 0 Å². The Kier molecular flexibility index (Phi) is 31.0. The molecule has 0 spiro atoms. The fourth-order valence-electron chi connectivity index (χ4n) is 5.16. The Labute approximate surface area is 258 Å². The van der Waals surface area contributed by atoms with Crippen molar-refractivity contribution < 1.29 is 29.0 Å². The van der Waals surface area contributed by atoms with Crippen molar-refractivity contribution in [1.29, 1.82) is 0 Å². The summed E-state index contributed by atoms with van der Waals surface area (Å²) in [5.41, 5.74) is 0. The van der Waals surface area contributed by atoms with Crippen LogP contribution in [0.4, 0.5) is 0 Å². The number of aliphatic hydroxyl groups excluding tert-OH is 1. The lowest BCUT2D eigenvalue weighted by Crippen LogP contribution is -2.28. The first kappa shape index (κ1) is 40.4. The number of amides is 1. The lowest BCUT2D eigenvalue weighted by molar-refractivity contribution is -0.161. The molecule has 7 heteroatoms. The Balaban J connectivity index is 3.51. The summed E-state index contributed by atoms with van der Waals surface area (Å²) in [5.74, 6) is -0.556. The Morgan fingerprint density at radius 2 is 0.952 bits per heavy atom. The second-order valence-electron chi connectivity index (χ2n) is 12.1. The number of hydrogen-bond donors (Lipinski definition) is 2. The van der Waals surface area contributed by atoms with Gasteiger partial charge in [0.1, 0.15) is 6.61 Å². The highest BCUT2D eigenvalue weighted by atomic mass is 16.6. The number of carbonyl (C=O) groups excluding carboxylic acids is 3. The molecule has 0 aliphatic rings. The van der Waals surface area contributed by atoms with Crippen LogP contribution in [0.5, 0.6) is 0 Å². The molecule has 0 aromatic rings. The van der Waals surface area contributed by atoms with Crippen molar-refractivity contribution in [1.82, 2.24) is 5.32 Å². The summed E-state index contributed by atoms with van der Waals surface area (Å²) in [7, 11) is 0. The van der Waals surface area contributed by atoms with Gasteiger partial charge in [-0.25, -0.2) is 0 Å². The minimum atomic E-state index is -0.775. The number of esters is 2. The first-order valence-electron chi connectivity index (χ1n) is 17.7. The van der Waals surface area contributed by atoms with Gasteiger partial charge in [-0.1, -0.05) is 142 Å². The lowest BCUT2D eigenvalue weighted by atomic mass is 10.0. The second kappa shape index (κ2) is 32.3. The third-order valence-electron chi connectivity index (χ3n) is 7.85. The molecule has 0 radical (unpaired) electrons. The van der Waals surface area contributed by atoms with E-state index in [2.05, 4.69) is 12.2 Å². The zero-order valence-electron chi connectivity index (χ0n) is 27.6. The molecule has 0 heterocycles. The average molecular weight is 598 g/mol. The second-order valence-corrected chi connectivity index (χ2v) is 12.1. The van der Waals surface area contributed by atoms with Crippen molar-refractivity contribution in [2.24, 2.45) is 0 Å². The van der Waals surface area contributed by atoms with E-state index in [4.69, 9.17) is 9.47 Å². The largest absolute Gasteiger partial charge is 0.462 e. The molecule has 0 bridgehead atoms. The maximum absolute atomic E-state index is 12.1. The predicted octanol–water partition coefficient (Wildman–Crippen LogP) is 8.73. The van der Waals surface area contributed by atoms with Gasteiger partial charge < -0.3 is 19.9 Å². The summed E-state index contributed by atoms with van der Waals surface area (Å²) in [6, 6.07) is 0. The van der Waals surface area contributed by atoms with E-state index in [1.807, 2.05) is 0 Å². The normalized spacial score (nSPS) is 11.8. The van der Waals surface area contributed by atoms with E-state index in [1.165, 1.54) is 109 Å². The average Bonchev–Trinajstić information content (AvgIpc) is 2.97. The van der Waals surface area contributed by atoms with Crippen LogP contribution in [0.1, 0.15) is 181 Å². The highest BCUT2D eigenvalue weighted by Gasteiger charge is 2.16. The summed E-state index contributed by atoms with van der Waals surface area (Å²) in [6.45, 7) is 4.20. The zero-order valence-corrected chi connectivity index (χ0v) is 27.6. The van der Waals surface area contributed by atoms with Gasteiger partial charge in [-0.3, -0.25) is 14.4 Å². The Morgan fingerprint density at radius 3 is 1.36 bits per heavy atom. The molecule has 0 aliphatic heterocycles. The van der Waals surface area contributed by atoms with E-state index < -0.39 is 6.10 Å². The molecule has 42 heavy (non-hydrogen) atoms. The maximum atomic E-state index is 12.1. The Morgan fingerprint density at radius 1 is 0.571 bits per heavy atom. The summed E-state index contributed by atoms with van der Waals surface area (Å²) >= 11 is 0. The number of ether oxygens (including phenoxy) is 2. The molecule has 0 saturated heterocycles. The van der Waals surface area contributed by atoms with E-state index in [0.29, 0.717) is 12.8 Å². The summed E-state index contributed by atoms with van der Waals surface area (Å²) in [4.78, 5) is 34.9. The van der Waals surface area contributed by atoms with Crippen molar-refractivity contribution >= 4 is 17.8 Å². The predicted molar refractivity (Wildman–Crippen MR) is 172 cm³/mol. The van der Waals surface area contributed by atoms with Crippen LogP contribution in [-0.4, -0.2) is 48.8 Å². The van der Waals surface area contributed by atoms with Crippen LogP contribution in [0.25, 0.3) is 0 Å². The molecule has 248 valence electrons. The van der Waals surface area contributed by atoms with Crippen LogP contribution in [0, 0.1) is 0 Å². The van der Waals surface area contributed by atoms with Crippen molar-refractivity contribution in [2.45, 2.75) is 187 Å². The summed E-state index contributed by atoms with van der Waals surface area (Å²) < 4.78 is 10.5. The number of rotatable bonds is 32. The molecule has 7 nitrogen and oxygen atoms in total. The first-order chi connectivity index (χ1) is 20.5. The number of aliphatic hydroxyl groups is 1. The van der Waals surface area contributed by atoms with Crippen molar-refractivity contribution in [3.8, 4) is 0 Å². The molecule has 2 N–H and O–H groups in total. The Hall–Kier alpha value is -1.63.